The maximum atomic E-state index is 2.50. The second-order valence-electron chi connectivity index (χ2n) is 16.2. The molecule has 11 aromatic carbocycles. The summed E-state index contributed by atoms with van der Waals surface area (Å²) in [5, 5.41) is 13.2. The molecule has 0 aliphatic heterocycles. The fourth-order valence-electron chi connectivity index (χ4n) is 11.8. The van der Waals surface area contributed by atoms with Gasteiger partial charge in [0.15, 0.2) is 0 Å². The van der Waals surface area contributed by atoms with Gasteiger partial charge in [0, 0.05) is 0 Å². The van der Waals surface area contributed by atoms with Crippen molar-refractivity contribution in [3.05, 3.63) is 216 Å². The van der Waals surface area contributed by atoms with Crippen molar-refractivity contribution in [2.24, 2.45) is 0 Å². The largest absolute Gasteiger partial charge is 0.0738 e. The van der Waals surface area contributed by atoms with Crippen molar-refractivity contribution in [3.63, 3.8) is 0 Å². The van der Waals surface area contributed by atoms with Crippen LogP contribution in [0.25, 0.3) is 109 Å². The van der Waals surface area contributed by atoms with Gasteiger partial charge < -0.3 is 0 Å². The summed E-state index contributed by atoms with van der Waals surface area (Å²) in [6.07, 6.45) is 0. The molecule has 11 aromatic rings. The second-order valence-corrected chi connectivity index (χ2v) is 16.2. The van der Waals surface area contributed by atoms with Gasteiger partial charge in [-0.1, -0.05) is 188 Å². The van der Waals surface area contributed by atoms with Crippen molar-refractivity contribution in [3.8, 4) is 55.6 Å². The zero-order valence-electron chi connectivity index (χ0n) is 31.0. The minimum Gasteiger partial charge on any atom is -0.0619 e. The fourth-order valence-corrected chi connectivity index (χ4v) is 11.8. The van der Waals surface area contributed by atoms with Gasteiger partial charge in [0.05, 0.1) is 5.41 Å². The SMILES string of the molecule is c1ccc2c(c1)-c1cccc3c(-c4ccc5c6c(c7ccccc7c5c4)-c4c(c5ccccc5c5ccccc45)C64c5ccccc5-c5ccccc54)ccc-2c13. The average Bonchev–Trinajstić information content (AvgIpc) is 3.90. The first kappa shape index (κ1) is 30.0. The molecule has 260 valence electrons. The summed E-state index contributed by atoms with van der Waals surface area (Å²) >= 11 is 0. The van der Waals surface area contributed by atoms with Crippen LogP contribution in [0.5, 0.6) is 0 Å². The van der Waals surface area contributed by atoms with Crippen LogP contribution in [0.15, 0.2) is 194 Å². The van der Waals surface area contributed by atoms with Crippen LogP contribution in [-0.2, 0) is 5.41 Å². The van der Waals surface area contributed by atoms with Crippen molar-refractivity contribution in [2.75, 3.05) is 0 Å². The highest BCUT2D eigenvalue weighted by atomic mass is 14.5. The number of hydrogen-bond acceptors (Lipinski definition) is 0. The first-order chi connectivity index (χ1) is 28.3. The van der Waals surface area contributed by atoms with Crippen molar-refractivity contribution in [2.45, 2.75) is 5.41 Å². The van der Waals surface area contributed by atoms with E-state index in [2.05, 4.69) is 194 Å². The van der Waals surface area contributed by atoms with Crippen LogP contribution in [0.4, 0.5) is 0 Å². The lowest BCUT2D eigenvalue weighted by atomic mass is 9.68. The zero-order chi connectivity index (χ0) is 37.0. The maximum absolute atomic E-state index is 2.50. The minimum atomic E-state index is -0.515. The van der Waals surface area contributed by atoms with Crippen LogP contribution in [-0.4, -0.2) is 0 Å². The van der Waals surface area contributed by atoms with Gasteiger partial charge in [0.1, 0.15) is 0 Å². The third-order valence-corrected chi connectivity index (χ3v) is 13.8. The van der Waals surface area contributed by atoms with Crippen LogP contribution in [0.3, 0.4) is 0 Å². The third-order valence-electron chi connectivity index (χ3n) is 13.8. The van der Waals surface area contributed by atoms with E-state index in [9.17, 15) is 0 Å². The van der Waals surface area contributed by atoms with Crippen LogP contribution in [0, 0.1) is 0 Å². The standard InChI is InChI=1S/C57H32/c1-2-15-36-35(14-1)43-25-13-24-42-34(30-31-46(36)52(42)43)33-28-29-48-49(32-33)39-18-4-7-22-45(39)54-53-44-21-6-3-16-37(44)38-17-5-8-23-47(38)55(53)57(56(48)54)50-26-11-9-19-40(50)41-20-10-12-27-51(41)57/h1-32H. The quantitative estimate of drug-likeness (QED) is 0.148. The lowest BCUT2D eigenvalue weighted by Gasteiger charge is -2.33. The molecule has 0 N–H and O–H groups in total. The molecule has 0 nitrogen and oxygen atoms in total. The Bertz CT molecular complexity index is 3560. The maximum Gasteiger partial charge on any atom is 0.0738 e. The summed E-state index contributed by atoms with van der Waals surface area (Å²) in [7, 11) is 0. The molecule has 0 atom stereocenters. The van der Waals surface area contributed by atoms with Crippen LogP contribution in [0.1, 0.15) is 22.3 Å². The molecule has 14 rings (SSSR count). The van der Waals surface area contributed by atoms with E-state index in [0.29, 0.717) is 0 Å². The highest BCUT2D eigenvalue weighted by molar-refractivity contribution is 6.28. The van der Waals surface area contributed by atoms with E-state index in [1.807, 2.05) is 0 Å². The smallest absolute Gasteiger partial charge is 0.0619 e. The van der Waals surface area contributed by atoms with Gasteiger partial charge in [-0.3, -0.25) is 0 Å². The Morgan fingerprint density at radius 3 is 1.30 bits per heavy atom. The summed E-state index contributed by atoms with van der Waals surface area (Å²) in [4.78, 5) is 0. The van der Waals surface area contributed by atoms with Crippen LogP contribution < -0.4 is 0 Å². The van der Waals surface area contributed by atoms with Gasteiger partial charge in [0.2, 0.25) is 0 Å². The van der Waals surface area contributed by atoms with Gasteiger partial charge in [-0.05, 0) is 138 Å². The lowest BCUT2D eigenvalue weighted by Crippen LogP contribution is -2.26. The molecule has 3 aliphatic rings. The molecular weight excluding hydrogens is 685 g/mol. The summed E-state index contributed by atoms with van der Waals surface area (Å²) in [5.41, 5.74) is 18.3. The first-order valence-corrected chi connectivity index (χ1v) is 20.1. The summed E-state index contributed by atoms with van der Waals surface area (Å²) in [6.45, 7) is 0. The minimum absolute atomic E-state index is 0.515. The fraction of sp³-hybridized carbons (Fsp3) is 0.0175. The van der Waals surface area contributed by atoms with Crippen molar-refractivity contribution < 1.29 is 0 Å². The van der Waals surface area contributed by atoms with E-state index in [4.69, 9.17) is 0 Å². The molecule has 1 spiro atoms. The molecule has 0 saturated heterocycles. The Balaban J connectivity index is 1.17. The molecule has 0 aromatic heterocycles. The van der Waals surface area contributed by atoms with E-state index < -0.39 is 5.41 Å². The van der Waals surface area contributed by atoms with Crippen molar-refractivity contribution >= 4 is 53.9 Å². The second kappa shape index (κ2) is 10.5. The highest BCUT2D eigenvalue weighted by Crippen LogP contribution is 2.68. The van der Waals surface area contributed by atoms with Crippen LogP contribution >= 0.6 is 0 Å². The molecule has 0 heteroatoms. The van der Waals surface area contributed by atoms with Crippen molar-refractivity contribution in [1.29, 1.82) is 0 Å². The van der Waals surface area contributed by atoms with Gasteiger partial charge in [0.25, 0.3) is 0 Å². The molecule has 0 amide bonds. The van der Waals surface area contributed by atoms with E-state index >= 15 is 0 Å². The average molecular weight is 717 g/mol. The number of rotatable bonds is 1. The van der Waals surface area contributed by atoms with E-state index in [0.717, 1.165) is 0 Å². The van der Waals surface area contributed by atoms with Gasteiger partial charge in [-0.25, -0.2) is 0 Å². The Kier molecular flexibility index (Phi) is 5.53. The lowest BCUT2D eigenvalue weighted by molar-refractivity contribution is 0.810. The molecule has 0 saturated carbocycles. The Labute approximate surface area is 329 Å². The molecule has 0 bridgehead atoms. The molecule has 3 aliphatic carbocycles. The summed E-state index contributed by atoms with van der Waals surface area (Å²) in [6, 6.07) is 73.7. The van der Waals surface area contributed by atoms with Crippen LogP contribution in [0.2, 0.25) is 0 Å². The molecule has 57 heavy (non-hydrogen) atoms. The van der Waals surface area contributed by atoms with E-state index in [1.54, 1.807) is 0 Å². The van der Waals surface area contributed by atoms with Gasteiger partial charge in [-0.15, -0.1) is 0 Å². The van der Waals surface area contributed by atoms with Gasteiger partial charge >= 0.3 is 0 Å². The Morgan fingerprint density at radius 2 is 0.667 bits per heavy atom. The molecule has 0 radical (unpaired) electrons. The predicted octanol–water partition coefficient (Wildman–Crippen LogP) is 15.1. The summed E-state index contributed by atoms with van der Waals surface area (Å²) < 4.78 is 0. The number of fused-ring (bicyclic) bond motifs is 23. The molecule has 0 fully saturated rings. The number of hydrogen-bond donors (Lipinski definition) is 0. The highest BCUT2D eigenvalue weighted by Gasteiger charge is 2.54. The third kappa shape index (κ3) is 3.48. The molecular formula is C57H32. The number of benzene rings is 11. The van der Waals surface area contributed by atoms with E-state index in [1.165, 1.54) is 132 Å². The Morgan fingerprint density at radius 1 is 0.246 bits per heavy atom. The zero-order valence-corrected chi connectivity index (χ0v) is 31.0. The van der Waals surface area contributed by atoms with Gasteiger partial charge in [-0.2, -0.15) is 0 Å². The predicted molar refractivity (Wildman–Crippen MR) is 240 cm³/mol. The molecule has 0 heterocycles. The van der Waals surface area contributed by atoms with Crippen molar-refractivity contribution in [1.82, 2.24) is 0 Å². The Hall–Kier alpha value is -7.28. The first-order valence-electron chi connectivity index (χ1n) is 20.1. The topological polar surface area (TPSA) is 0 Å². The normalized spacial score (nSPS) is 13.8. The summed E-state index contributed by atoms with van der Waals surface area (Å²) in [5.74, 6) is 0. The molecule has 0 unspecified atom stereocenters. The monoisotopic (exact) mass is 716 g/mol. The van der Waals surface area contributed by atoms with E-state index in [-0.39, 0.29) is 0 Å².